The molecule has 0 spiro atoms. The van der Waals surface area contributed by atoms with Crippen LogP contribution >= 0.6 is 11.6 Å². The zero-order valence-electron chi connectivity index (χ0n) is 21.2. The Balaban J connectivity index is 2.13. The molecule has 0 bridgehead atoms. The number of benzene rings is 2. The summed E-state index contributed by atoms with van der Waals surface area (Å²) in [5, 5.41) is 8.97. The Kier molecular flexibility index (Phi) is 9.20. The summed E-state index contributed by atoms with van der Waals surface area (Å²) in [4.78, 5) is 26.6. The maximum Gasteiger partial charge on any atom is 0.306 e. The Morgan fingerprint density at radius 2 is 1.78 bits per heavy atom. The highest BCUT2D eigenvalue weighted by Crippen LogP contribution is 2.35. The molecule has 0 radical (unpaired) electrons. The van der Waals surface area contributed by atoms with Gasteiger partial charge in [0.05, 0.1) is 42.6 Å². The van der Waals surface area contributed by atoms with Gasteiger partial charge in [0.1, 0.15) is 11.9 Å². The summed E-state index contributed by atoms with van der Waals surface area (Å²) in [5.41, 5.74) is 0.578. The highest BCUT2D eigenvalue weighted by molar-refractivity contribution is 7.93. The second-order valence-electron chi connectivity index (χ2n) is 9.62. The largest absolute Gasteiger partial charge is 0.481 e. The fraction of sp³-hybridized carbons (Fsp3) is 0.462. The van der Waals surface area contributed by atoms with Crippen molar-refractivity contribution in [1.82, 2.24) is 4.90 Å². The molecular weight excluding hydrogens is 523 g/mol. The summed E-state index contributed by atoms with van der Waals surface area (Å²) in [6.07, 6.45) is -1.76. The van der Waals surface area contributed by atoms with E-state index < -0.39 is 57.6 Å². The van der Waals surface area contributed by atoms with Gasteiger partial charge >= 0.3 is 5.97 Å². The maximum absolute atomic E-state index is 14.9. The van der Waals surface area contributed by atoms with Crippen LogP contribution in [0, 0.1) is 11.7 Å². The molecule has 2 aromatic carbocycles. The van der Waals surface area contributed by atoms with E-state index in [0.717, 1.165) is 4.31 Å². The molecule has 1 unspecified atom stereocenters. The monoisotopic (exact) mass is 554 g/mol. The Morgan fingerprint density at radius 1 is 1.16 bits per heavy atom. The number of hydrogen-bond acceptors (Lipinski definition) is 5. The topological polar surface area (TPSA) is 104 Å². The molecule has 1 heterocycles. The molecule has 1 amide bonds. The van der Waals surface area contributed by atoms with Gasteiger partial charge in [-0.2, -0.15) is 0 Å². The minimum Gasteiger partial charge on any atom is -0.481 e. The van der Waals surface area contributed by atoms with Crippen LogP contribution in [0.15, 0.2) is 48.5 Å². The van der Waals surface area contributed by atoms with Crippen molar-refractivity contribution in [3.63, 3.8) is 0 Å². The normalized spacial score (nSPS) is 19.4. The number of carboxylic acid groups (broad SMARTS) is 1. The Bertz CT molecular complexity index is 1220. The predicted molar refractivity (Wildman–Crippen MR) is 139 cm³/mol. The second kappa shape index (κ2) is 11.8. The minimum absolute atomic E-state index is 0.00513. The molecule has 0 saturated carbocycles. The van der Waals surface area contributed by atoms with Gasteiger partial charge in [0.2, 0.25) is 10.0 Å². The first-order valence-corrected chi connectivity index (χ1v) is 13.9. The van der Waals surface area contributed by atoms with Crippen molar-refractivity contribution in [1.29, 1.82) is 0 Å². The molecule has 3 rings (SSSR count). The molecule has 2 aromatic rings. The van der Waals surface area contributed by atoms with Crippen LogP contribution in [0.2, 0.25) is 5.02 Å². The van der Waals surface area contributed by atoms with Crippen LogP contribution in [-0.2, 0) is 24.3 Å². The molecule has 202 valence electrons. The number of hydrogen-bond donors (Lipinski definition) is 1. The van der Waals surface area contributed by atoms with E-state index in [9.17, 15) is 27.5 Å². The van der Waals surface area contributed by atoms with Crippen LogP contribution in [-0.4, -0.2) is 60.8 Å². The van der Waals surface area contributed by atoms with Crippen LogP contribution in [0.4, 0.5) is 10.1 Å². The van der Waals surface area contributed by atoms with E-state index >= 15 is 0 Å². The van der Waals surface area contributed by atoms with Crippen molar-refractivity contribution < 1.29 is 32.2 Å². The van der Waals surface area contributed by atoms with Gasteiger partial charge in [-0.1, -0.05) is 49.7 Å². The first kappa shape index (κ1) is 28.9. The predicted octanol–water partition coefficient (Wildman–Crippen LogP) is 4.49. The molecule has 1 saturated heterocycles. The number of anilines is 1. The zero-order chi connectivity index (χ0) is 27.5. The van der Waals surface area contributed by atoms with Crippen molar-refractivity contribution in [2.75, 3.05) is 17.5 Å². The number of carbonyl (C=O) groups is 2. The first-order chi connectivity index (χ1) is 17.3. The number of nitrogens with zero attached hydrogens (tertiary/aromatic N) is 2. The number of carboxylic acids is 1. The molecular formula is C26H32ClFN2O6S. The summed E-state index contributed by atoms with van der Waals surface area (Å²) in [7, 11) is -4.01. The van der Waals surface area contributed by atoms with E-state index in [2.05, 4.69) is 0 Å². The lowest BCUT2D eigenvalue weighted by molar-refractivity contribution is -0.170. The third-order valence-corrected chi connectivity index (χ3v) is 8.84. The van der Waals surface area contributed by atoms with Crippen LogP contribution in [0.1, 0.15) is 45.7 Å². The maximum atomic E-state index is 14.9. The smallest absolute Gasteiger partial charge is 0.306 e. The highest BCUT2D eigenvalue weighted by Gasteiger charge is 2.44. The molecule has 37 heavy (non-hydrogen) atoms. The zero-order valence-corrected chi connectivity index (χ0v) is 22.7. The summed E-state index contributed by atoms with van der Waals surface area (Å²) in [6.45, 7) is 6.46. The lowest BCUT2D eigenvalue weighted by atomic mass is 9.94. The number of amides is 1. The van der Waals surface area contributed by atoms with E-state index in [1.54, 1.807) is 30.3 Å². The molecule has 0 aromatic heterocycles. The quantitative estimate of drug-likeness (QED) is 0.464. The molecule has 11 heteroatoms. The summed E-state index contributed by atoms with van der Waals surface area (Å²) in [6, 6.07) is 11.0. The van der Waals surface area contributed by atoms with Gasteiger partial charge in [0.25, 0.3) is 5.91 Å². The van der Waals surface area contributed by atoms with Gasteiger partial charge in [-0.25, -0.2) is 12.8 Å². The van der Waals surface area contributed by atoms with Crippen molar-refractivity contribution in [3.05, 3.63) is 64.9 Å². The Morgan fingerprint density at radius 3 is 2.32 bits per heavy atom. The fourth-order valence-electron chi connectivity index (χ4n) is 4.36. The number of carbonyl (C=O) groups excluding carboxylic acids is 1. The number of ether oxygens (including phenoxy) is 1. The highest BCUT2D eigenvalue weighted by atomic mass is 35.5. The van der Waals surface area contributed by atoms with Crippen molar-refractivity contribution in [2.45, 2.75) is 57.6 Å². The first-order valence-electron chi connectivity index (χ1n) is 12.0. The molecule has 0 aliphatic carbocycles. The molecule has 8 nitrogen and oxygen atoms in total. The number of sulfonamides is 1. The number of aliphatic carboxylic acids is 1. The third kappa shape index (κ3) is 6.42. The number of para-hydroxylation sites is 1. The van der Waals surface area contributed by atoms with E-state index in [0.29, 0.717) is 10.6 Å². The van der Waals surface area contributed by atoms with Crippen LogP contribution in [0.5, 0.6) is 0 Å². The average molecular weight is 555 g/mol. The van der Waals surface area contributed by atoms with Gasteiger partial charge in [-0.3, -0.25) is 13.9 Å². The van der Waals surface area contributed by atoms with Gasteiger partial charge in [-0.15, -0.1) is 0 Å². The van der Waals surface area contributed by atoms with Gasteiger partial charge < -0.3 is 14.7 Å². The van der Waals surface area contributed by atoms with Crippen LogP contribution in [0.3, 0.4) is 0 Å². The lowest BCUT2D eigenvalue weighted by Crippen LogP contribution is -2.59. The van der Waals surface area contributed by atoms with Crippen molar-refractivity contribution in [2.24, 2.45) is 5.92 Å². The fourth-order valence-corrected chi connectivity index (χ4v) is 5.78. The number of morpholine rings is 1. The van der Waals surface area contributed by atoms with Gasteiger partial charge in [0.15, 0.2) is 0 Å². The average Bonchev–Trinajstić information content (AvgIpc) is 2.82. The minimum atomic E-state index is -4.01. The van der Waals surface area contributed by atoms with Crippen molar-refractivity contribution >= 4 is 39.2 Å². The summed E-state index contributed by atoms with van der Waals surface area (Å²) < 4.78 is 48.5. The van der Waals surface area contributed by atoms with E-state index in [4.69, 9.17) is 16.3 Å². The molecule has 1 fully saturated rings. The van der Waals surface area contributed by atoms with Crippen molar-refractivity contribution in [3.8, 4) is 0 Å². The van der Waals surface area contributed by atoms with Gasteiger partial charge in [0, 0.05) is 5.02 Å². The SMILES string of the molecule is CC(C)C(CN(c1ccccc1F)S(=O)(=O)C(C)C)N1C(=O)[C@@H](CC(=O)O)OC[C@H]1c1ccc(Cl)cc1. The van der Waals surface area contributed by atoms with Gasteiger partial charge in [-0.05, 0) is 49.6 Å². The molecule has 3 atom stereocenters. The van der Waals surface area contributed by atoms with Crippen LogP contribution < -0.4 is 4.31 Å². The van der Waals surface area contributed by atoms with E-state index in [1.165, 1.54) is 36.9 Å². The third-order valence-electron chi connectivity index (χ3n) is 6.44. The molecule has 1 N–H and O–H groups in total. The standard InChI is InChI=1S/C26H32ClFN2O6S/c1-16(2)22(14-29(37(34,35)17(3)4)21-8-6-5-7-20(21)28)30-23(18-9-11-19(27)12-10-18)15-36-24(26(30)33)13-25(31)32/h5-12,16-17,22-24H,13-15H2,1-4H3,(H,31,32)/t22?,23-,24+/m0/s1. The lowest BCUT2D eigenvalue weighted by Gasteiger charge is -2.46. The summed E-state index contributed by atoms with van der Waals surface area (Å²) >= 11 is 6.05. The second-order valence-corrected chi connectivity index (χ2v) is 12.5. The molecule has 1 aliphatic heterocycles. The Hall–Kier alpha value is -2.69. The van der Waals surface area contributed by atoms with E-state index in [-0.39, 0.29) is 24.8 Å². The molecule has 1 aliphatic rings. The number of halogens is 2. The van der Waals surface area contributed by atoms with Crippen LogP contribution in [0.25, 0.3) is 0 Å². The van der Waals surface area contributed by atoms with E-state index in [1.807, 2.05) is 13.8 Å². The summed E-state index contributed by atoms with van der Waals surface area (Å²) in [5.74, 6) is -2.75. The number of rotatable bonds is 10. The Labute approximate surface area is 222 Å².